The van der Waals surface area contributed by atoms with Gasteiger partial charge in [-0.3, -0.25) is 4.79 Å². The van der Waals surface area contributed by atoms with E-state index in [-0.39, 0.29) is 12.1 Å². The smallest absolute Gasteiger partial charge is 0.326 e. The van der Waals surface area contributed by atoms with Crippen molar-refractivity contribution >= 4 is 5.91 Å². The Morgan fingerprint density at radius 1 is 1.37 bits per heavy atom. The Kier molecular flexibility index (Phi) is 4.70. The van der Waals surface area contributed by atoms with Gasteiger partial charge in [0.2, 0.25) is 0 Å². The standard InChI is InChI=1S/C13H11F3N2O/c1-2-7-18(9-13(14,15)16)12(19)11-5-3-10(8-17)4-6-11/h2-6H,1,7,9H2. The predicted molar refractivity (Wildman–Crippen MR) is 63.3 cm³/mol. The third-order valence-electron chi connectivity index (χ3n) is 2.27. The summed E-state index contributed by atoms with van der Waals surface area (Å²) >= 11 is 0. The van der Waals surface area contributed by atoms with Crippen molar-refractivity contribution in [3.8, 4) is 6.07 Å². The van der Waals surface area contributed by atoms with E-state index in [4.69, 9.17) is 5.26 Å². The molecule has 0 saturated carbocycles. The number of amides is 1. The Morgan fingerprint density at radius 3 is 2.37 bits per heavy atom. The zero-order valence-corrected chi connectivity index (χ0v) is 9.94. The molecule has 0 aromatic heterocycles. The molecule has 0 fully saturated rings. The lowest BCUT2D eigenvalue weighted by molar-refractivity contribution is -0.139. The van der Waals surface area contributed by atoms with Crippen LogP contribution in [0.25, 0.3) is 0 Å². The zero-order valence-electron chi connectivity index (χ0n) is 9.94. The van der Waals surface area contributed by atoms with Crippen molar-refractivity contribution in [3.05, 3.63) is 48.0 Å². The summed E-state index contributed by atoms with van der Waals surface area (Å²) in [4.78, 5) is 12.6. The molecule has 6 heteroatoms. The number of nitrogens with zero attached hydrogens (tertiary/aromatic N) is 2. The van der Waals surface area contributed by atoms with Crippen molar-refractivity contribution in [1.82, 2.24) is 4.90 Å². The number of rotatable bonds is 4. The number of hydrogen-bond acceptors (Lipinski definition) is 2. The van der Waals surface area contributed by atoms with Crippen LogP contribution in [0.15, 0.2) is 36.9 Å². The summed E-state index contributed by atoms with van der Waals surface area (Å²) in [6.45, 7) is 1.80. The summed E-state index contributed by atoms with van der Waals surface area (Å²) in [6.07, 6.45) is -3.24. The number of carbonyl (C=O) groups excluding carboxylic acids is 1. The first-order valence-electron chi connectivity index (χ1n) is 5.34. The van der Waals surface area contributed by atoms with Gasteiger partial charge in [0, 0.05) is 12.1 Å². The normalized spacial score (nSPS) is 10.6. The fourth-order valence-electron chi connectivity index (χ4n) is 1.46. The maximum atomic E-state index is 12.4. The van der Waals surface area contributed by atoms with Crippen LogP contribution in [0.5, 0.6) is 0 Å². The molecule has 0 saturated heterocycles. The van der Waals surface area contributed by atoms with Gasteiger partial charge in [0.25, 0.3) is 5.91 Å². The fourth-order valence-corrected chi connectivity index (χ4v) is 1.46. The molecule has 0 N–H and O–H groups in total. The van der Waals surface area contributed by atoms with E-state index in [1.54, 1.807) is 0 Å². The first-order valence-corrected chi connectivity index (χ1v) is 5.34. The second kappa shape index (κ2) is 6.05. The van der Waals surface area contributed by atoms with Crippen LogP contribution >= 0.6 is 0 Å². The van der Waals surface area contributed by atoms with Gasteiger partial charge in [-0.25, -0.2) is 0 Å². The van der Waals surface area contributed by atoms with Crippen LogP contribution in [0.3, 0.4) is 0 Å². The van der Waals surface area contributed by atoms with E-state index >= 15 is 0 Å². The van der Waals surface area contributed by atoms with Gasteiger partial charge in [0.05, 0.1) is 11.6 Å². The highest BCUT2D eigenvalue weighted by Gasteiger charge is 2.32. The monoisotopic (exact) mass is 268 g/mol. The predicted octanol–water partition coefficient (Wildman–Crippen LogP) is 2.75. The summed E-state index contributed by atoms with van der Waals surface area (Å²) in [5, 5.41) is 8.61. The molecule has 19 heavy (non-hydrogen) atoms. The summed E-state index contributed by atoms with van der Waals surface area (Å²) in [5.74, 6) is -0.748. The second-order valence-corrected chi connectivity index (χ2v) is 3.78. The van der Waals surface area contributed by atoms with Crippen LogP contribution in [-0.2, 0) is 0 Å². The largest absolute Gasteiger partial charge is 0.406 e. The van der Waals surface area contributed by atoms with Gasteiger partial charge < -0.3 is 4.90 Å². The Labute approximate surface area is 108 Å². The number of benzene rings is 1. The van der Waals surface area contributed by atoms with Crippen LogP contribution < -0.4 is 0 Å². The van der Waals surface area contributed by atoms with Gasteiger partial charge in [-0.15, -0.1) is 6.58 Å². The molecular formula is C13H11F3N2O. The summed E-state index contributed by atoms with van der Waals surface area (Å²) < 4.78 is 37.1. The molecule has 0 aliphatic heterocycles. The van der Waals surface area contributed by atoms with Gasteiger partial charge in [-0.2, -0.15) is 18.4 Å². The van der Waals surface area contributed by atoms with Gasteiger partial charge in [-0.1, -0.05) is 6.08 Å². The number of nitriles is 1. The van der Waals surface area contributed by atoms with Crippen LogP contribution in [0.2, 0.25) is 0 Å². The molecule has 1 aromatic rings. The number of halogens is 3. The maximum Gasteiger partial charge on any atom is 0.406 e. The second-order valence-electron chi connectivity index (χ2n) is 3.78. The number of hydrogen-bond donors (Lipinski definition) is 0. The van der Waals surface area contributed by atoms with Crippen molar-refractivity contribution in [3.63, 3.8) is 0 Å². The quantitative estimate of drug-likeness (QED) is 0.788. The van der Waals surface area contributed by atoms with Crippen molar-refractivity contribution in [2.45, 2.75) is 6.18 Å². The van der Waals surface area contributed by atoms with Gasteiger partial charge in [0.15, 0.2) is 0 Å². The molecule has 0 spiro atoms. The highest BCUT2D eigenvalue weighted by molar-refractivity contribution is 5.94. The fraction of sp³-hybridized carbons (Fsp3) is 0.231. The molecule has 3 nitrogen and oxygen atoms in total. The highest BCUT2D eigenvalue weighted by atomic mass is 19.4. The summed E-state index contributed by atoms with van der Waals surface area (Å²) in [6, 6.07) is 7.28. The average molecular weight is 268 g/mol. The molecule has 100 valence electrons. The molecule has 0 heterocycles. The molecular weight excluding hydrogens is 257 g/mol. The minimum Gasteiger partial charge on any atom is -0.326 e. The molecule has 1 aromatic carbocycles. The van der Waals surface area contributed by atoms with E-state index < -0.39 is 18.6 Å². The lowest BCUT2D eigenvalue weighted by Crippen LogP contribution is -2.39. The zero-order chi connectivity index (χ0) is 14.5. The third-order valence-corrected chi connectivity index (χ3v) is 2.27. The minimum absolute atomic E-state index is 0.102. The number of alkyl halides is 3. The maximum absolute atomic E-state index is 12.4. The van der Waals surface area contributed by atoms with E-state index in [0.29, 0.717) is 10.5 Å². The Morgan fingerprint density at radius 2 is 1.95 bits per heavy atom. The highest BCUT2D eigenvalue weighted by Crippen LogP contribution is 2.18. The molecule has 0 radical (unpaired) electrons. The lowest BCUT2D eigenvalue weighted by Gasteiger charge is -2.22. The Bertz CT molecular complexity index is 500. The van der Waals surface area contributed by atoms with E-state index in [0.717, 1.165) is 0 Å². The molecule has 0 unspecified atom stereocenters. The van der Waals surface area contributed by atoms with E-state index in [1.165, 1.54) is 30.3 Å². The summed E-state index contributed by atoms with van der Waals surface area (Å²) in [7, 11) is 0. The molecule has 0 bridgehead atoms. The van der Waals surface area contributed by atoms with E-state index in [9.17, 15) is 18.0 Å². The van der Waals surface area contributed by atoms with E-state index in [1.807, 2.05) is 6.07 Å². The molecule has 0 aliphatic rings. The topological polar surface area (TPSA) is 44.1 Å². The minimum atomic E-state index is -4.47. The van der Waals surface area contributed by atoms with Gasteiger partial charge in [-0.05, 0) is 24.3 Å². The molecule has 0 aliphatic carbocycles. The Hall–Kier alpha value is -2.29. The van der Waals surface area contributed by atoms with Crippen molar-refractivity contribution in [2.24, 2.45) is 0 Å². The van der Waals surface area contributed by atoms with Gasteiger partial charge >= 0.3 is 6.18 Å². The molecule has 1 rings (SSSR count). The molecule has 0 atom stereocenters. The van der Waals surface area contributed by atoms with Crippen LogP contribution in [0.1, 0.15) is 15.9 Å². The Balaban J connectivity index is 2.92. The SMILES string of the molecule is C=CCN(CC(F)(F)F)C(=O)c1ccc(C#N)cc1. The third kappa shape index (κ3) is 4.47. The van der Waals surface area contributed by atoms with Crippen molar-refractivity contribution < 1.29 is 18.0 Å². The van der Waals surface area contributed by atoms with Crippen molar-refractivity contribution in [2.75, 3.05) is 13.1 Å². The van der Waals surface area contributed by atoms with Gasteiger partial charge in [0.1, 0.15) is 6.54 Å². The lowest BCUT2D eigenvalue weighted by atomic mass is 10.1. The molecule has 1 amide bonds. The first-order chi connectivity index (χ1) is 8.87. The van der Waals surface area contributed by atoms with Crippen LogP contribution in [-0.4, -0.2) is 30.1 Å². The van der Waals surface area contributed by atoms with Crippen LogP contribution in [0, 0.1) is 11.3 Å². The first kappa shape index (κ1) is 14.8. The van der Waals surface area contributed by atoms with E-state index in [2.05, 4.69) is 6.58 Å². The van der Waals surface area contributed by atoms with Crippen LogP contribution in [0.4, 0.5) is 13.2 Å². The average Bonchev–Trinajstić information content (AvgIpc) is 2.36. The summed E-state index contributed by atoms with van der Waals surface area (Å²) in [5.41, 5.74) is 0.438. The number of carbonyl (C=O) groups is 1. The van der Waals surface area contributed by atoms with Crippen molar-refractivity contribution in [1.29, 1.82) is 5.26 Å².